The number of benzene rings is 2. The van der Waals surface area contributed by atoms with E-state index in [0.717, 1.165) is 11.8 Å². The Morgan fingerprint density at radius 3 is 2.71 bits per heavy atom. The molecule has 0 radical (unpaired) electrons. The first-order chi connectivity index (χ1) is 13.5. The van der Waals surface area contributed by atoms with Gasteiger partial charge in [0.1, 0.15) is 17.9 Å². The lowest BCUT2D eigenvalue weighted by molar-refractivity contribution is 0.0567. The van der Waals surface area contributed by atoms with Crippen LogP contribution in [0.5, 0.6) is 17.2 Å². The number of phenolic OH excluding ortho intramolecular Hbond substituents is 2. The van der Waals surface area contributed by atoms with E-state index in [1.807, 2.05) is 11.8 Å². The number of nitrogens with zero attached hydrogens (tertiary/aromatic N) is 1. The molecule has 0 aliphatic heterocycles. The lowest BCUT2D eigenvalue weighted by Gasteiger charge is -2.25. The van der Waals surface area contributed by atoms with Crippen molar-refractivity contribution in [3.05, 3.63) is 48.2 Å². The van der Waals surface area contributed by atoms with Gasteiger partial charge in [-0.05, 0) is 42.8 Å². The number of hydrogen-bond donors (Lipinski definition) is 2. The first-order valence-electron chi connectivity index (χ1n) is 9.04. The van der Waals surface area contributed by atoms with Crippen molar-refractivity contribution >= 4 is 22.6 Å². The van der Waals surface area contributed by atoms with Gasteiger partial charge < -0.3 is 29.0 Å². The lowest BCUT2D eigenvalue weighted by Crippen LogP contribution is -2.29. The molecule has 0 amide bonds. The predicted molar refractivity (Wildman–Crippen MR) is 105 cm³/mol. The minimum atomic E-state index is -0.528. The van der Waals surface area contributed by atoms with Gasteiger partial charge in [0.15, 0.2) is 11.5 Å². The molecule has 0 saturated heterocycles. The van der Waals surface area contributed by atoms with Crippen molar-refractivity contribution in [2.45, 2.75) is 13.3 Å². The smallest absolute Gasteiger partial charge is 0.373 e. The maximum absolute atomic E-state index is 11.6. The fourth-order valence-electron chi connectivity index (χ4n) is 2.98. The number of hydrogen-bond acceptors (Lipinski definition) is 7. The number of carbonyl (C=O) groups excluding carboxylic acids is 1. The fourth-order valence-corrected chi connectivity index (χ4v) is 2.98. The molecule has 3 rings (SSSR count). The fraction of sp³-hybridized carbons (Fsp3) is 0.286. The highest BCUT2D eigenvalue weighted by Crippen LogP contribution is 2.35. The number of phenols is 2. The quantitative estimate of drug-likeness (QED) is 0.448. The van der Waals surface area contributed by atoms with Crippen LogP contribution in [-0.2, 0) is 4.74 Å². The van der Waals surface area contributed by atoms with Crippen molar-refractivity contribution in [1.29, 1.82) is 0 Å². The van der Waals surface area contributed by atoms with E-state index in [1.54, 1.807) is 36.4 Å². The second-order valence-electron chi connectivity index (χ2n) is 6.28. The van der Waals surface area contributed by atoms with E-state index in [9.17, 15) is 15.0 Å². The van der Waals surface area contributed by atoms with Crippen molar-refractivity contribution < 1.29 is 28.9 Å². The molecule has 0 aliphatic rings. The number of para-hydroxylation sites is 1. The second-order valence-corrected chi connectivity index (χ2v) is 6.28. The van der Waals surface area contributed by atoms with Crippen LogP contribution < -0.4 is 9.64 Å². The molecule has 0 bridgehead atoms. The largest absolute Gasteiger partial charge is 0.504 e. The molecule has 3 aromatic rings. The normalized spacial score (nSPS) is 10.8. The molecule has 2 aromatic carbocycles. The highest BCUT2D eigenvalue weighted by atomic mass is 16.5. The number of anilines is 1. The van der Waals surface area contributed by atoms with Crippen LogP contribution in [0.2, 0.25) is 0 Å². The van der Waals surface area contributed by atoms with Gasteiger partial charge in [-0.25, -0.2) is 4.79 Å². The number of aromatic hydroxyl groups is 2. The molecule has 0 atom stereocenters. The Bertz CT molecular complexity index is 965. The second kappa shape index (κ2) is 8.56. The third-order valence-corrected chi connectivity index (χ3v) is 4.33. The summed E-state index contributed by atoms with van der Waals surface area (Å²) in [5.74, 6) is -0.0262. The van der Waals surface area contributed by atoms with Gasteiger partial charge in [-0.3, -0.25) is 0 Å². The number of ether oxygens (including phenoxy) is 2. The summed E-state index contributed by atoms with van der Waals surface area (Å²) in [5, 5.41) is 20.6. The van der Waals surface area contributed by atoms with Gasteiger partial charge in [0.05, 0.1) is 19.3 Å². The van der Waals surface area contributed by atoms with E-state index < -0.39 is 5.97 Å². The van der Waals surface area contributed by atoms with Crippen molar-refractivity contribution in [1.82, 2.24) is 0 Å². The van der Waals surface area contributed by atoms with E-state index in [-0.39, 0.29) is 17.3 Å². The summed E-state index contributed by atoms with van der Waals surface area (Å²) in [6.07, 6.45) is 0.881. The zero-order valence-electron chi connectivity index (χ0n) is 15.8. The summed E-state index contributed by atoms with van der Waals surface area (Å²) in [4.78, 5) is 13.5. The van der Waals surface area contributed by atoms with Gasteiger partial charge in [-0.15, -0.1) is 0 Å². The van der Waals surface area contributed by atoms with Gasteiger partial charge in [0.25, 0.3) is 0 Å². The van der Waals surface area contributed by atoms with Crippen LogP contribution in [0, 0.1) is 0 Å². The van der Waals surface area contributed by atoms with E-state index in [1.165, 1.54) is 13.2 Å². The van der Waals surface area contributed by atoms with Gasteiger partial charge in [0.2, 0.25) is 5.76 Å². The van der Waals surface area contributed by atoms with Crippen molar-refractivity contribution in [2.75, 3.05) is 31.7 Å². The molecule has 0 spiro atoms. The molecule has 28 heavy (non-hydrogen) atoms. The van der Waals surface area contributed by atoms with Crippen LogP contribution in [0.15, 0.2) is 46.9 Å². The standard InChI is InChI=1S/C21H23NO6/c1-3-9-22(16-5-4-6-17(23)20(16)24)10-11-27-15-7-8-18-14(12-15)13-19(28-18)21(25)26-2/h4-8,12-13,23-24H,3,9-11H2,1-2H3. The van der Waals surface area contributed by atoms with E-state index >= 15 is 0 Å². The van der Waals surface area contributed by atoms with Gasteiger partial charge in [0, 0.05) is 11.9 Å². The zero-order valence-corrected chi connectivity index (χ0v) is 15.8. The maximum Gasteiger partial charge on any atom is 0.373 e. The molecule has 0 aliphatic carbocycles. The molecule has 7 heteroatoms. The molecule has 2 N–H and O–H groups in total. The highest BCUT2D eigenvalue weighted by molar-refractivity contribution is 5.92. The van der Waals surface area contributed by atoms with E-state index in [4.69, 9.17) is 9.15 Å². The maximum atomic E-state index is 11.6. The van der Waals surface area contributed by atoms with Crippen LogP contribution in [0.25, 0.3) is 11.0 Å². The van der Waals surface area contributed by atoms with Gasteiger partial charge in [-0.1, -0.05) is 13.0 Å². The summed E-state index contributed by atoms with van der Waals surface area (Å²) < 4.78 is 15.9. The third kappa shape index (κ3) is 4.14. The van der Waals surface area contributed by atoms with Crippen LogP contribution in [-0.4, -0.2) is 43.0 Å². The minimum absolute atomic E-state index is 0.133. The molecule has 0 unspecified atom stereocenters. The zero-order chi connectivity index (χ0) is 20.1. The molecule has 0 fully saturated rings. The highest BCUT2D eigenvalue weighted by Gasteiger charge is 2.15. The Kier molecular flexibility index (Phi) is 5.93. The summed E-state index contributed by atoms with van der Waals surface area (Å²) in [7, 11) is 1.30. The van der Waals surface area contributed by atoms with Crippen LogP contribution in [0.1, 0.15) is 23.9 Å². The average molecular weight is 385 g/mol. The van der Waals surface area contributed by atoms with E-state index in [0.29, 0.717) is 36.7 Å². The Morgan fingerprint density at radius 2 is 1.96 bits per heavy atom. The van der Waals surface area contributed by atoms with Crippen molar-refractivity contribution in [3.63, 3.8) is 0 Å². The third-order valence-electron chi connectivity index (χ3n) is 4.33. The number of fused-ring (bicyclic) bond motifs is 1. The summed E-state index contributed by atoms with van der Waals surface area (Å²) in [5.41, 5.74) is 1.14. The molecular formula is C21H23NO6. The Balaban J connectivity index is 1.68. The molecule has 7 nitrogen and oxygen atoms in total. The first-order valence-corrected chi connectivity index (χ1v) is 9.04. The first kappa shape index (κ1) is 19.4. The molecule has 1 aromatic heterocycles. The van der Waals surface area contributed by atoms with Gasteiger partial charge >= 0.3 is 5.97 Å². The molecule has 0 saturated carbocycles. The minimum Gasteiger partial charge on any atom is -0.504 e. The summed E-state index contributed by atoms with van der Waals surface area (Å²) >= 11 is 0. The predicted octanol–water partition coefficient (Wildman–Crippen LogP) is 3.93. The Hall–Kier alpha value is -3.35. The number of esters is 1. The number of furan rings is 1. The monoisotopic (exact) mass is 385 g/mol. The number of rotatable bonds is 8. The Labute approximate surface area is 162 Å². The number of methoxy groups -OCH3 is 1. The van der Waals surface area contributed by atoms with Crippen LogP contribution in [0.4, 0.5) is 5.69 Å². The van der Waals surface area contributed by atoms with Crippen LogP contribution in [0.3, 0.4) is 0 Å². The van der Waals surface area contributed by atoms with Crippen molar-refractivity contribution in [2.24, 2.45) is 0 Å². The lowest BCUT2D eigenvalue weighted by atomic mass is 10.2. The van der Waals surface area contributed by atoms with Gasteiger partial charge in [-0.2, -0.15) is 0 Å². The topological polar surface area (TPSA) is 92.4 Å². The van der Waals surface area contributed by atoms with Crippen molar-refractivity contribution in [3.8, 4) is 17.2 Å². The molecule has 1 heterocycles. The average Bonchev–Trinajstić information content (AvgIpc) is 3.12. The van der Waals surface area contributed by atoms with E-state index in [2.05, 4.69) is 4.74 Å². The summed E-state index contributed by atoms with van der Waals surface area (Å²) in [6.45, 7) is 3.66. The summed E-state index contributed by atoms with van der Waals surface area (Å²) in [6, 6.07) is 11.8. The van der Waals surface area contributed by atoms with Crippen LogP contribution >= 0.6 is 0 Å². The SMILES string of the molecule is CCCN(CCOc1ccc2oc(C(=O)OC)cc2c1)c1cccc(O)c1O. The molecule has 148 valence electrons. The Morgan fingerprint density at radius 1 is 1.14 bits per heavy atom. The number of carbonyl (C=O) groups is 1. The molecular weight excluding hydrogens is 362 g/mol.